The number of piperidine rings is 1. The average Bonchev–Trinajstić information content (AvgIpc) is 2.61. The van der Waals surface area contributed by atoms with E-state index in [9.17, 15) is 14.0 Å². The number of likely N-dealkylation sites (tertiary alicyclic amines) is 1. The number of hydrogen-bond acceptors (Lipinski definition) is 4. The molecule has 7 heteroatoms. The topological polar surface area (TPSA) is 67.9 Å². The van der Waals surface area contributed by atoms with Crippen molar-refractivity contribution in [2.24, 2.45) is 5.92 Å². The fourth-order valence-corrected chi connectivity index (χ4v) is 2.63. The number of methoxy groups -OCH3 is 1. The van der Waals surface area contributed by atoms with Crippen molar-refractivity contribution in [3.63, 3.8) is 0 Å². The molecule has 0 aliphatic carbocycles. The zero-order valence-electron chi connectivity index (χ0n) is 14.0. The summed E-state index contributed by atoms with van der Waals surface area (Å²) in [6, 6.07) is 5.95. The minimum atomic E-state index is -0.430. The molecule has 0 aromatic heterocycles. The van der Waals surface area contributed by atoms with Crippen molar-refractivity contribution in [3.05, 3.63) is 30.1 Å². The fraction of sp³-hybridized carbons (Fsp3) is 0.529. The average molecular weight is 338 g/mol. The highest BCUT2D eigenvalue weighted by molar-refractivity contribution is 5.76. The van der Waals surface area contributed by atoms with Gasteiger partial charge in [-0.25, -0.2) is 9.18 Å². The number of halogens is 1. The Bertz CT molecular complexity index is 573. The largest absolute Gasteiger partial charge is 0.486 e. The van der Waals surface area contributed by atoms with Gasteiger partial charge in [-0.1, -0.05) is 12.1 Å². The van der Waals surface area contributed by atoms with Crippen LogP contribution < -0.4 is 10.1 Å². The summed E-state index contributed by atoms with van der Waals surface area (Å²) in [5, 5.41) is 2.77. The van der Waals surface area contributed by atoms with Gasteiger partial charge in [0.1, 0.15) is 6.10 Å². The smallest absolute Gasteiger partial charge is 0.317 e. The van der Waals surface area contributed by atoms with E-state index in [1.54, 1.807) is 30.0 Å². The third kappa shape index (κ3) is 4.84. The van der Waals surface area contributed by atoms with E-state index < -0.39 is 5.82 Å². The minimum Gasteiger partial charge on any atom is -0.486 e. The summed E-state index contributed by atoms with van der Waals surface area (Å²) in [5.74, 6) is -0.622. The molecular formula is C17H23FN2O4. The van der Waals surface area contributed by atoms with Gasteiger partial charge in [-0.15, -0.1) is 0 Å². The van der Waals surface area contributed by atoms with Gasteiger partial charge in [0.05, 0.1) is 19.6 Å². The summed E-state index contributed by atoms with van der Waals surface area (Å²) in [6.45, 7) is 3.04. The molecule has 24 heavy (non-hydrogen) atoms. The number of amides is 2. The first-order valence-electron chi connectivity index (χ1n) is 8.03. The Morgan fingerprint density at radius 3 is 2.62 bits per heavy atom. The number of para-hydroxylation sites is 1. The zero-order valence-corrected chi connectivity index (χ0v) is 14.0. The first-order valence-corrected chi connectivity index (χ1v) is 8.03. The number of nitrogens with one attached hydrogen (secondary N) is 1. The maximum Gasteiger partial charge on any atom is 0.317 e. The number of benzene rings is 1. The van der Waals surface area contributed by atoms with Gasteiger partial charge in [-0.05, 0) is 31.9 Å². The summed E-state index contributed by atoms with van der Waals surface area (Å²) >= 11 is 0. The van der Waals surface area contributed by atoms with Crippen LogP contribution in [0.3, 0.4) is 0 Å². The van der Waals surface area contributed by atoms with Gasteiger partial charge in [0.2, 0.25) is 0 Å². The van der Waals surface area contributed by atoms with Crippen molar-refractivity contribution in [2.45, 2.75) is 25.9 Å². The van der Waals surface area contributed by atoms with Crippen LogP contribution in [0.15, 0.2) is 24.3 Å². The molecule has 2 amide bonds. The standard InChI is InChI=1S/C17H23FN2O4/c1-12(24-15-6-4-3-5-14(15)18)11-19-17(22)20-9-7-13(8-10-20)16(21)23-2/h3-6,12-13H,7-11H2,1-2H3,(H,19,22). The van der Waals surface area contributed by atoms with E-state index >= 15 is 0 Å². The Morgan fingerprint density at radius 2 is 2.00 bits per heavy atom. The Hall–Kier alpha value is -2.31. The molecule has 1 atom stereocenters. The SMILES string of the molecule is COC(=O)C1CCN(C(=O)NCC(C)Oc2ccccc2F)CC1. The normalized spacial score (nSPS) is 16.4. The van der Waals surface area contributed by atoms with E-state index in [4.69, 9.17) is 9.47 Å². The summed E-state index contributed by atoms with van der Waals surface area (Å²) < 4.78 is 23.7. The third-order valence-corrected chi connectivity index (χ3v) is 4.02. The quantitative estimate of drug-likeness (QED) is 0.836. The van der Waals surface area contributed by atoms with Crippen LogP contribution in [0.25, 0.3) is 0 Å². The highest BCUT2D eigenvalue weighted by atomic mass is 19.1. The first-order chi connectivity index (χ1) is 11.5. The molecule has 6 nitrogen and oxygen atoms in total. The molecule has 1 heterocycles. The molecule has 1 unspecified atom stereocenters. The summed E-state index contributed by atoms with van der Waals surface area (Å²) in [7, 11) is 1.37. The molecule has 1 N–H and O–H groups in total. The molecular weight excluding hydrogens is 315 g/mol. The number of esters is 1. The van der Waals surface area contributed by atoms with Crippen LogP contribution in [0.4, 0.5) is 9.18 Å². The zero-order chi connectivity index (χ0) is 17.5. The predicted molar refractivity (Wildman–Crippen MR) is 86.2 cm³/mol. The number of ether oxygens (including phenoxy) is 2. The molecule has 1 aliphatic heterocycles. The summed E-state index contributed by atoms with van der Waals surface area (Å²) in [5.41, 5.74) is 0. The monoisotopic (exact) mass is 338 g/mol. The van der Waals surface area contributed by atoms with Gasteiger partial charge in [0, 0.05) is 13.1 Å². The van der Waals surface area contributed by atoms with Crippen molar-refractivity contribution in [2.75, 3.05) is 26.7 Å². The van der Waals surface area contributed by atoms with E-state index in [0.717, 1.165) is 0 Å². The van der Waals surface area contributed by atoms with Crippen molar-refractivity contribution in [1.29, 1.82) is 0 Å². The van der Waals surface area contributed by atoms with Crippen LogP contribution in [0.1, 0.15) is 19.8 Å². The van der Waals surface area contributed by atoms with E-state index in [1.165, 1.54) is 13.2 Å². The number of urea groups is 1. The Labute approximate surface area is 140 Å². The van der Waals surface area contributed by atoms with Gasteiger partial charge in [-0.3, -0.25) is 4.79 Å². The van der Waals surface area contributed by atoms with Gasteiger partial charge < -0.3 is 19.7 Å². The van der Waals surface area contributed by atoms with E-state index in [1.807, 2.05) is 0 Å². The minimum absolute atomic E-state index is 0.137. The Kier molecular flexibility index (Phi) is 6.40. The van der Waals surface area contributed by atoms with Crippen molar-refractivity contribution in [3.8, 4) is 5.75 Å². The van der Waals surface area contributed by atoms with Crippen molar-refractivity contribution >= 4 is 12.0 Å². The van der Waals surface area contributed by atoms with E-state index in [-0.39, 0.29) is 36.3 Å². The second-order valence-corrected chi connectivity index (χ2v) is 5.83. The number of hydrogen-bond donors (Lipinski definition) is 1. The van der Waals surface area contributed by atoms with Crippen LogP contribution in [-0.2, 0) is 9.53 Å². The van der Waals surface area contributed by atoms with Gasteiger partial charge in [0.15, 0.2) is 11.6 Å². The molecule has 0 spiro atoms. The van der Waals surface area contributed by atoms with Gasteiger partial charge in [0.25, 0.3) is 0 Å². The molecule has 1 aromatic carbocycles. The predicted octanol–water partition coefficient (Wildman–Crippen LogP) is 2.19. The molecule has 0 saturated carbocycles. The molecule has 132 valence electrons. The van der Waals surface area contributed by atoms with Crippen LogP contribution in [0, 0.1) is 11.7 Å². The fourth-order valence-electron chi connectivity index (χ4n) is 2.63. The van der Waals surface area contributed by atoms with Crippen LogP contribution in [0.2, 0.25) is 0 Å². The van der Waals surface area contributed by atoms with Gasteiger partial charge >= 0.3 is 12.0 Å². The molecule has 0 bridgehead atoms. The van der Waals surface area contributed by atoms with Gasteiger partial charge in [-0.2, -0.15) is 0 Å². The lowest BCUT2D eigenvalue weighted by molar-refractivity contribution is -0.146. The first kappa shape index (κ1) is 18.0. The van der Waals surface area contributed by atoms with E-state index in [0.29, 0.717) is 25.9 Å². The van der Waals surface area contributed by atoms with Crippen molar-refractivity contribution in [1.82, 2.24) is 10.2 Å². The summed E-state index contributed by atoms with van der Waals surface area (Å²) in [6.07, 6.45) is 0.835. The van der Waals surface area contributed by atoms with Crippen molar-refractivity contribution < 1.29 is 23.5 Å². The maximum atomic E-state index is 13.5. The highest BCUT2D eigenvalue weighted by Crippen LogP contribution is 2.19. The maximum absolute atomic E-state index is 13.5. The molecule has 2 rings (SSSR count). The lowest BCUT2D eigenvalue weighted by Crippen LogP contribution is -2.47. The molecule has 1 saturated heterocycles. The number of rotatable bonds is 5. The Morgan fingerprint density at radius 1 is 1.33 bits per heavy atom. The second kappa shape index (κ2) is 8.52. The Balaban J connectivity index is 1.73. The number of carbonyl (C=O) groups excluding carboxylic acids is 2. The van der Waals surface area contributed by atoms with Crippen LogP contribution in [0.5, 0.6) is 5.75 Å². The van der Waals surface area contributed by atoms with Crippen LogP contribution >= 0.6 is 0 Å². The van der Waals surface area contributed by atoms with E-state index in [2.05, 4.69) is 5.32 Å². The lowest BCUT2D eigenvalue weighted by Gasteiger charge is -2.31. The summed E-state index contributed by atoms with van der Waals surface area (Å²) in [4.78, 5) is 25.3. The second-order valence-electron chi connectivity index (χ2n) is 5.83. The number of carbonyl (C=O) groups is 2. The van der Waals surface area contributed by atoms with Crippen LogP contribution in [-0.4, -0.2) is 49.7 Å². The number of nitrogens with zero attached hydrogens (tertiary/aromatic N) is 1. The highest BCUT2D eigenvalue weighted by Gasteiger charge is 2.27. The molecule has 1 aromatic rings. The lowest BCUT2D eigenvalue weighted by atomic mass is 9.97. The third-order valence-electron chi connectivity index (χ3n) is 4.02. The molecule has 1 fully saturated rings. The molecule has 0 radical (unpaired) electrons. The molecule has 1 aliphatic rings.